The molecular weight excluding hydrogens is 511 g/mol. The van der Waals surface area contributed by atoms with Gasteiger partial charge in [-0.15, -0.1) is 0 Å². The monoisotopic (exact) mass is 525 g/mol. The molecule has 2 aromatic carbocycles. The molecule has 0 aliphatic heterocycles. The van der Waals surface area contributed by atoms with Gasteiger partial charge in [0.25, 0.3) is 15.6 Å². The number of methoxy groups -OCH3 is 1. The van der Waals surface area contributed by atoms with Gasteiger partial charge in [0, 0.05) is 0 Å². The van der Waals surface area contributed by atoms with Crippen LogP contribution in [0, 0.1) is 0 Å². The van der Waals surface area contributed by atoms with Gasteiger partial charge in [-0.3, -0.25) is 4.79 Å². The lowest BCUT2D eigenvalue weighted by atomic mass is 10.1. The van der Waals surface area contributed by atoms with Gasteiger partial charge in [0.05, 0.1) is 40.4 Å². The van der Waals surface area contributed by atoms with Crippen molar-refractivity contribution >= 4 is 27.1 Å². The number of sulfonamides is 1. The number of rotatable bonds is 5. The second kappa shape index (κ2) is 8.88. The Morgan fingerprint density at radius 2 is 1.83 bits per heavy atom. The van der Waals surface area contributed by atoms with E-state index in [0.717, 1.165) is 30.3 Å². The molecule has 12 nitrogen and oxygen atoms in total. The van der Waals surface area contributed by atoms with Crippen LogP contribution >= 0.6 is 0 Å². The largest absolute Gasteiger partial charge is 0.514 e. The van der Waals surface area contributed by atoms with Crippen LogP contribution in [-0.4, -0.2) is 40.9 Å². The number of halogens is 3. The summed E-state index contributed by atoms with van der Waals surface area (Å²) in [4.78, 5) is 44.0. The number of ether oxygens (including phenoxy) is 2. The minimum absolute atomic E-state index is 0.126. The standard InChI is InChI=1S/C20H14F3N5O7S/c1-34-19(31)35-16-9-27(10-24-16)15-7-12-14(8-13(15)20(21,22)23)25-18(30)28(17(12)29)26-36(32,33)11-5-3-2-4-6-11/h2-10,26H,1H3,(H,25,30). The van der Waals surface area contributed by atoms with E-state index in [9.17, 15) is 36.0 Å². The molecule has 2 N–H and O–H groups in total. The number of hydrogen-bond donors (Lipinski definition) is 2. The summed E-state index contributed by atoms with van der Waals surface area (Å²) in [6.07, 6.45) is -4.30. The second-order valence-corrected chi connectivity index (χ2v) is 8.73. The molecule has 0 unspecified atom stereocenters. The predicted octanol–water partition coefficient (Wildman–Crippen LogP) is 1.97. The highest BCUT2D eigenvalue weighted by Crippen LogP contribution is 2.35. The summed E-state index contributed by atoms with van der Waals surface area (Å²) in [5.41, 5.74) is -4.94. The molecule has 0 saturated carbocycles. The van der Waals surface area contributed by atoms with E-state index in [1.54, 1.807) is 6.07 Å². The van der Waals surface area contributed by atoms with Crippen LogP contribution in [0.3, 0.4) is 0 Å². The lowest BCUT2D eigenvalue weighted by molar-refractivity contribution is -0.137. The Balaban J connectivity index is 1.89. The summed E-state index contributed by atoms with van der Waals surface area (Å²) in [6, 6.07) is 8.10. The van der Waals surface area contributed by atoms with Crippen LogP contribution in [0.2, 0.25) is 0 Å². The molecule has 0 atom stereocenters. The average molecular weight is 525 g/mol. The maximum atomic E-state index is 13.8. The normalized spacial score (nSPS) is 11.9. The molecule has 0 aliphatic rings. The van der Waals surface area contributed by atoms with Gasteiger partial charge in [-0.05, 0) is 24.3 Å². The highest BCUT2D eigenvalue weighted by atomic mass is 32.2. The molecule has 0 radical (unpaired) electrons. The van der Waals surface area contributed by atoms with E-state index in [2.05, 4.69) is 19.4 Å². The van der Waals surface area contributed by atoms with Crippen LogP contribution < -0.4 is 20.8 Å². The molecule has 2 aromatic heterocycles. The van der Waals surface area contributed by atoms with E-state index in [1.807, 2.05) is 4.83 Å². The summed E-state index contributed by atoms with van der Waals surface area (Å²) in [5.74, 6) is -0.399. The SMILES string of the molecule is COC(=O)Oc1cn(-c2cc3c(=O)n(NS(=O)(=O)c4ccccc4)c(=O)[nH]c3cc2C(F)(F)F)cn1. The first kappa shape index (κ1) is 24.5. The number of H-pyrrole nitrogens is 1. The van der Waals surface area contributed by atoms with Gasteiger partial charge in [-0.25, -0.2) is 19.4 Å². The molecule has 0 saturated heterocycles. The maximum Gasteiger partial charge on any atom is 0.514 e. The van der Waals surface area contributed by atoms with E-state index in [4.69, 9.17) is 0 Å². The van der Waals surface area contributed by atoms with E-state index < -0.39 is 61.6 Å². The number of aromatic nitrogens is 4. The summed E-state index contributed by atoms with van der Waals surface area (Å²) < 4.78 is 76.6. The van der Waals surface area contributed by atoms with E-state index in [-0.39, 0.29) is 9.57 Å². The van der Waals surface area contributed by atoms with Gasteiger partial charge in [0.15, 0.2) is 0 Å². The number of fused-ring (bicyclic) bond motifs is 1. The first-order valence-corrected chi connectivity index (χ1v) is 11.2. The highest BCUT2D eigenvalue weighted by Gasteiger charge is 2.35. The second-order valence-electron chi connectivity index (χ2n) is 7.07. The van der Waals surface area contributed by atoms with Crippen molar-refractivity contribution in [1.29, 1.82) is 0 Å². The van der Waals surface area contributed by atoms with Crippen LogP contribution in [0.4, 0.5) is 18.0 Å². The third-order valence-corrected chi connectivity index (χ3v) is 6.09. The summed E-state index contributed by atoms with van der Waals surface area (Å²) in [7, 11) is -3.38. The minimum atomic E-state index is -4.95. The Kier molecular flexibility index (Phi) is 6.05. The molecule has 16 heteroatoms. The van der Waals surface area contributed by atoms with Crippen molar-refractivity contribution in [3.63, 3.8) is 0 Å². The quantitative estimate of drug-likeness (QED) is 0.375. The molecule has 2 heterocycles. The smallest absolute Gasteiger partial charge is 0.437 e. The Labute approximate surface area is 198 Å². The maximum absolute atomic E-state index is 13.8. The Morgan fingerprint density at radius 3 is 2.47 bits per heavy atom. The number of carbonyl (C=O) groups excluding carboxylic acids is 1. The third kappa shape index (κ3) is 4.65. The zero-order valence-electron chi connectivity index (χ0n) is 17.9. The Morgan fingerprint density at radius 1 is 1.14 bits per heavy atom. The first-order chi connectivity index (χ1) is 16.9. The fourth-order valence-corrected chi connectivity index (χ4v) is 4.19. The van der Waals surface area contributed by atoms with Crippen LogP contribution in [0.5, 0.6) is 5.88 Å². The van der Waals surface area contributed by atoms with E-state index in [0.29, 0.717) is 6.07 Å². The summed E-state index contributed by atoms with van der Waals surface area (Å²) in [6.45, 7) is 0. The number of alkyl halides is 3. The van der Waals surface area contributed by atoms with Crippen molar-refractivity contribution in [3.8, 4) is 11.6 Å². The molecule has 0 spiro atoms. The Hall–Kier alpha value is -4.60. The number of carbonyl (C=O) groups is 1. The first-order valence-electron chi connectivity index (χ1n) is 9.69. The zero-order valence-corrected chi connectivity index (χ0v) is 18.8. The van der Waals surface area contributed by atoms with Gasteiger partial charge in [0.2, 0.25) is 5.88 Å². The van der Waals surface area contributed by atoms with Crippen LogP contribution in [-0.2, 0) is 20.9 Å². The lowest BCUT2D eigenvalue weighted by Crippen LogP contribution is -2.43. The van der Waals surface area contributed by atoms with Crippen LogP contribution in [0.25, 0.3) is 16.6 Å². The number of aromatic amines is 1. The molecule has 0 bridgehead atoms. The molecule has 0 aliphatic carbocycles. The number of nitrogens with one attached hydrogen (secondary N) is 2. The molecule has 4 aromatic rings. The topological polar surface area (TPSA) is 154 Å². The average Bonchev–Trinajstić information content (AvgIpc) is 3.29. The molecule has 36 heavy (non-hydrogen) atoms. The van der Waals surface area contributed by atoms with E-state index in [1.165, 1.54) is 24.3 Å². The van der Waals surface area contributed by atoms with Crippen LogP contribution in [0.15, 0.2) is 69.5 Å². The fourth-order valence-electron chi connectivity index (χ4n) is 3.16. The predicted molar refractivity (Wildman–Crippen MR) is 117 cm³/mol. The minimum Gasteiger partial charge on any atom is -0.437 e. The number of nitrogens with zero attached hydrogens (tertiary/aromatic N) is 3. The molecule has 0 amide bonds. The van der Waals surface area contributed by atoms with Gasteiger partial charge in [-0.2, -0.15) is 26.3 Å². The highest BCUT2D eigenvalue weighted by molar-refractivity contribution is 7.92. The summed E-state index contributed by atoms with van der Waals surface area (Å²) >= 11 is 0. The number of benzene rings is 2. The van der Waals surface area contributed by atoms with Crippen molar-refractivity contribution < 1.29 is 35.9 Å². The zero-order chi connectivity index (χ0) is 26.3. The van der Waals surface area contributed by atoms with Crippen molar-refractivity contribution in [1.82, 2.24) is 19.2 Å². The molecule has 4 rings (SSSR count). The Bertz CT molecular complexity index is 1690. The van der Waals surface area contributed by atoms with Crippen molar-refractivity contribution in [3.05, 3.63) is 81.4 Å². The van der Waals surface area contributed by atoms with Crippen molar-refractivity contribution in [2.75, 3.05) is 11.9 Å². The number of hydrogen-bond acceptors (Lipinski definition) is 8. The van der Waals surface area contributed by atoms with Gasteiger partial charge >= 0.3 is 18.0 Å². The third-order valence-electron chi connectivity index (χ3n) is 4.78. The molecule has 0 fully saturated rings. The fraction of sp³-hybridized carbons (Fsp3) is 0.100. The summed E-state index contributed by atoms with van der Waals surface area (Å²) in [5, 5.41) is -0.461. The van der Waals surface area contributed by atoms with Crippen molar-refractivity contribution in [2.45, 2.75) is 11.1 Å². The number of imidazole rings is 1. The van der Waals surface area contributed by atoms with Gasteiger partial charge in [0.1, 0.15) is 6.33 Å². The lowest BCUT2D eigenvalue weighted by Gasteiger charge is -2.15. The van der Waals surface area contributed by atoms with E-state index >= 15 is 0 Å². The van der Waals surface area contributed by atoms with Crippen molar-refractivity contribution in [2.24, 2.45) is 0 Å². The van der Waals surface area contributed by atoms with Gasteiger partial charge in [-0.1, -0.05) is 18.2 Å². The van der Waals surface area contributed by atoms with Gasteiger partial charge < -0.3 is 19.0 Å². The molecule has 188 valence electrons. The van der Waals surface area contributed by atoms with Crippen LogP contribution in [0.1, 0.15) is 5.56 Å². The molecular formula is C20H14F3N5O7S.